The van der Waals surface area contributed by atoms with E-state index >= 15 is 0 Å². The van der Waals surface area contributed by atoms with Crippen molar-refractivity contribution in [3.05, 3.63) is 30.3 Å². The molecule has 2 amide bonds. The van der Waals surface area contributed by atoms with Crippen molar-refractivity contribution < 1.29 is 14.7 Å². The number of aliphatic carboxylic acids is 1. The van der Waals surface area contributed by atoms with Crippen molar-refractivity contribution in [1.29, 1.82) is 0 Å². The highest BCUT2D eigenvalue weighted by atomic mass is 16.4. The highest BCUT2D eigenvalue weighted by Gasteiger charge is 2.33. The molecule has 16 heavy (non-hydrogen) atoms. The summed E-state index contributed by atoms with van der Waals surface area (Å²) in [6.07, 6.45) is -0.0480. The molecule has 1 saturated heterocycles. The number of nitrogens with zero attached hydrogens (tertiary/aromatic N) is 1. The van der Waals surface area contributed by atoms with Crippen LogP contribution < -0.4 is 10.2 Å². The summed E-state index contributed by atoms with van der Waals surface area (Å²) in [5.41, 5.74) is 0.726. The summed E-state index contributed by atoms with van der Waals surface area (Å²) in [7, 11) is 0. The van der Waals surface area contributed by atoms with Gasteiger partial charge in [0.1, 0.15) is 0 Å². The number of hydrogen-bond acceptors (Lipinski definition) is 2. The smallest absolute Gasteiger partial charge is 0.322 e. The first-order valence-electron chi connectivity index (χ1n) is 5.02. The molecule has 1 unspecified atom stereocenters. The largest absolute Gasteiger partial charge is 0.481 e. The molecule has 0 saturated carbocycles. The van der Waals surface area contributed by atoms with Crippen molar-refractivity contribution in [2.75, 3.05) is 11.4 Å². The molecule has 1 aromatic carbocycles. The molecule has 0 aromatic heterocycles. The van der Waals surface area contributed by atoms with E-state index in [0.29, 0.717) is 6.54 Å². The second-order valence-corrected chi connectivity index (χ2v) is 3.64. The van der Waals surface area contributed by atoms with Gasteiger partial charge in [-0.05, 0) is 12.1 Å². The standard InChI is InChI=1S/C11H12N2O3/c14-10(15)6-9-7-12-11(16)13(9)8-4-2-1-3-5-8/h1-5,9H,6-7H2,(H,12,16)(H,14,15). The van der Waals surface area contributed by atoms with Gasteiger partial charge in [0.05, 0.1) is 12.5 Å². The molecule has 5 heteroatoms. The third-order valence-electron chi connectivity index (χ3n) is 2.52. The summed E-state index contributed by atoms with van der Waals surface area (Å²) < 4.78 is 0. The zero-order valence-corrected chi connectivity index (χ0v) is 8.59. The van der Waals surface area contributed by atoms with E-state index in [-0.39, 0.29) is 18.5 Å². The van der Waals surface area contributed by atoms with Gasteiger partial charge in [-0.3, -0.25) is 9.69 Å². The number of para-hydroxylation sites is 1. The number of amides is 2. The number of nitrogens with one attached hydrogen (secondary N) is 1. The van der Waals surface area contributed by atoms with E-state index in [1.54, 1.807) is 12.1 Å². The maximum absolute atomic E-state index is 11.6. The van der Waals surface area contributed by atoms with Crippen LogP contribution in [-0.4, -0.2) is 29.7 Å². The maximum Gasteiger partial charge on any atom is 0.322 e. The minimum absolute atomic E-state index is 0.0480. The number of carbonyl (C=O) groups is 2. The first kappa shape index (κ1) is 10.5. The Kier molecular flexibility index (Phi) is 2.76. The van der Waals surface area contributed by atoms with Crippen LogP contribution in [0.5, 0.6) is 0 Å². The van der Waals surface area contributed by atoms with Crippen LogP contribution in [0.3, 0.4) is 0 Å². The Morgan fingerprint density at radius 2 is 2.12 bits per heavy atom. The summed E-state index contributed by atoms with van der Waals surface area (Å²) in [5.74, 6) is -0.901. The summed E-state index contributed by atoms with van der Waals surface area (Å²) in [6.45, 7) is 0.375. The zero-order chi connectivity index (χ0) is 11.5. The Hall–Kier alpha value is -2.04. The van der Waals surface area contributed by atoms with Gasteiger partial charge in [0, 0.05) is 12.2 Å². The van der Waals surface area contributed by atoms with E-state index in [0.717, 1.165) is 5.69 Å². The molecule has 2 N–H and O–H groups in total. The number of carbonyl (C=O) groups excluding carboxylic acids is 1. The van der Waals surface area contributed by atoms with E-state index in [1.807, 2.05) is 18.2 Å². The fraction of sp³-hybridized carbons (Fsp3) is 0.273. The van der Waals surface area contributed by atoms with E-state index < -0.39 is 5.97 Å². The molecule has 2 rings (SSSR count). The topological polar surface area (TPSA) is 69.6 Å². The summed E-state index contributed by atoms with van der Waals surface area (Å²) in [4.78, 5) is 23.8. The van der Waals surface area contributed by atoms with Gasteiger partial charge in [-0.2, -0.15) is 0 Å². The van der Waals surface area contributed by atoms with Crippen LogP contribution in [0.4, 0.5) is 10.5 Å². The molecule has 1 fully saturated rings. The predicted octanol–water partition coefficient (Wildman–Crippen LogP) is 1.06. The van der Waals surface area contributed by atoms with E-state index in [2.05, 4.69) is 5.32 Å². The second kappa shape index (κ2) is 4.22. The van der Waals surface area contributed by atoms with Crippen molar-refractivity contribution in [2.24, 2.45) is 0 Å². The van der Waals surface area contributed by atoms with Gasteiger partial charge in [0.2, 0.25) is 0 Å². The van der Waals surface area contributed by atoms with Crippen LogP contribution in [0.25, 0.3) is 0 Å². The molecule has 1 atom stereocenters. The van der Waals surface area contributed by atoms with Gasteiger partial charge in [0.25, 0.3) is 0 Å². The average molecular weight is 220 g/mol. The number of benzene rings is 1. The van der Waals surface area contributed by atoms with Crippen molar-refractivity contribution in [3.8, 4) is 0 Å². The summed E-state index contributed by atoms with van der Waals surface area (Å²) >= 11 is 0. The van der Waals surface area contributed by atoms with Crippen molar-refractivity contribution in [2.45, 2.75) is 12.5 Å². The van der Waals surface area contributed by atoms with Crippen LogP contribution in [0.1, 0.15) is 6.42 Å². The lowest BCUT2D eigenvalue weighted by molar-refractivity contribution is -0.137. The monoisotopic (exact) mass is 220 g/mol. The number of carboxylic acids is 1. The molecule has 1 aromatic rings. The molecule has 1 aliphatic heterocycles. The average Bonchev–Trinajstić information content (AvgIpc) is 2.60. The first-order valence-corrected chi connectivity index (χ1v) is 5.02. The van der Waals surface area contributed by atoms with Crippen LogP contribution in [0.15, 0.2) is 30.3 Å². The highest BCUT2D eigenvalue weighted by molar-refractivity contribution is 5.95. The Morgan fingerprint density at radius 1 is 1.44 bits per heavy atom. The van der Waals surface area contributed by atoms with Gasteiger partial charge in [-0.25, -0.2) is 4.79 Å². The van der Waals surface area contributed by atoms with Crippen LogP contribution in [-0.2, 0) is 4.79 Å². The molecule has 84 valence electrons. The third-order valence-corrected chi connectivity index (χ3v) is 2.52. The lowest BCUT2D eigenvalue weighted by Gasteiger charge is -2.21. The van der Waals surface area contributed by atoms with Gasteiger partial charge < -0.3 is 10.4 Å². The molecule has 0 bridgehead atoms. The highest BCUT2D eigenvalue weighted by Crippen LogP contribution is 2.21. The quantitative estimate of drug-likeness (QED) is 0.800. The first-order chi connectivity index (χ1) is 7.68. The molecular weight excluding hydrogens is 208 g/mol. The molecule has 0 aliphatic carbocycles. The molecule has 0 radical (unpaired) electrons. The van der Waals surface area contributed by atoms with E-state index in [1.165, 1.54) is 4.90 Å². The maximum atomic E-state index is 11.6. The normalized spacial score (nSPS) is 19.6. The molecule has 0 spiro atoms. The fourth-order valence-corrected chi connectivity index (χ4v) is 1.83. The molecule has 1 aliphatic rings. The van der Waals surface area contributed by atoms with Crippen molar-refractivity contribution in [3.63, 3.8) is 0 Å². The van der Waals surface area contributed by atoms with Crippen LogP contribution in [0.2, 0.25) is 0 Å². The molecule has 5 nitrogen and oxygen atoms in total. The Morgan fingerprint density at radius 3 is 2.75 bits per heavy atom. The van der Waals surface area contributed by atoms with Gasteiger partial charge in [-0.1, -0.05) is 18.2 Å². The SMILES string of the molecule is O=C(O)CC1CNC(=O)N1c1ccccc1. The number of anilines is 1. The Bertz CT molecular complexity index is 405. The van der Waals surface area contributed by atoms with Crippen molar-refractivity contribution in [1.82, 2.24) is 5.32 Å². The van der Waals surface area contributed by atoms with Crippen LogP contribution in [0, 0.1) is 0 Å². The molecule has 1 heterocycles. The molecular formula is C11H12N2O3. The Labute approximate surface area is 92.7 Å². The lowest BCUT2D eigenvalue weighted by atomic mass is 10.2. The van der Waals surface area contributed by atoms with Crippen molar-refractivity contribution >= 4 is 17.7 Å². The van der Waals surface area contributed by atoms with E-state index in [9.17, 15) is 9.59 Å². The minimum Gasteiger partial charge on any atom is -0.481 e. The Balaban J connectivity index is 2.23. The zero-order valence-electron chi connectivity index (χ0n) is 8.59. The van der Waals surface area contributed by atoms with E-state index in [4.69, 9.17) is 5.11 Å². The number of hydrogen-bond donors (Lipinski definition) is 2. The number of carboxylic acid groups (broad SMARTS) is 1. The van der Waals surface area contributed by atoms with Crippen LogP contribution >= 0.6 is 0 Å². The fourth-order valence-electron chi connectivity index (χ4n) is 1.83. The third kappa shape index (κ3) is 1.98. The predicted molar refractivity (Wildman–Crippen MR) is 58.4 cm³/mol. The number of urea groups is 1. The minimum atomic E-state index is -0.901. The lowest BCUT2D eigenvalue weighted by Crippen LogP contribution is -2.35. The summed E-state index contributed by atoms with van der Waals surface area (Å²) in [6, 6.07) is 8.52. The second-order valence-electron chi connectivity index (χ2n) is 3.64. The van der Waals surface area contributed by atoms with Gasteiger partial charge in [0.15, 0.2) is 0 Å². The summed E-state index contributed by atoms with van der Waals surface area (Å²) in [5, 5.41) is 11.4. The number of rotatable bonds is 3. The van der Waals surface area contributed by atoms with Gasteiger partial charge >= 0.3 is 12.0 Å². The van der Waals surface area contributed by atoms with Gasteiger partial charge in [-0.15, -0.1) is 0 Å².